The molecular weight excluding hydrogens is 452 g/mol. The fourth-order valence-corrected chi connectivity index (χ4v) is 3.23. The molecule has 2 heterocycles. The molecule has 2 N–H and O–H groups in total. The molecule has 0 amide bonds. The second-order valence-electron chi connectivity index (χ2n) is 7.33. The summed E-state index contributed by atoms with van der Waals surface area (Å²) in [6.07, 6.45) is -0.612. The molecule has 0 fully saturated rings. The molecule has 0 aliphatic rings. The van der Waals surface area contributed by atoms with Crippen molar-refractivity contribution < 1.29 is 27.5 Å². The monoisotopic (exact) mass is 473 g/mol. The number of para-hydroxylation sites is 1. The molecule has 0 saturated heterocycles. The number of H-pyrrole nitrogens is 1. The van der Waals surface area contributed by atoms with Crippen molar-refractivity contribution in [2.45, 2.75) is 19.5 Å². The van der Waals surface area contributed by atoms with Gasteiger partial charge in [-0.3, -0.25) is 0 Å². The molecule has 0 saturated carbocycles. The number of nitrogens with zero attached hydrogens (tertiary/aromatic N) is 3. The average Bonchev–Trinajstić information content (AvgIpc) is 3.19. The van der Waals surface area contributed by atoms with Crippen LogP contribution in [0.1, 0.15) is 21.7 Å². The number of hydrogen-bond donors (Lipinski definition) is 2. The minimum atomic E-state index is -4.19. The number of fused-ring (bicyclic) bond motifs is 1. The minimum Gasteiger partial charge on any atom is -0.655 e. The number of carbonyl (C=O) groups is 1. The fourth-order valence-electron chi connectivity index (χ4n) is 3.23. The summed E-state index contributed by atoms with van der Waals surface area (Å²) in [7, 11) is 0. The Morgan fingerprint density at radius 3 is 2.62 bits per heavy atom. The van der Waals surface area contributed by atoms with Gasteiger partial charge in [-0.15, -0.1) is 6.54 Å². The highest BCUT2D eigenvalue weighted by Gasteiger charge is 2.20. The van der Waals surface area contributed by atoms with E-state index >= 15 is 0 Å². The highest BCUT2D eigenvalue weighted by atomic mass is 19.4. The SMILES string of the molecule is Cc1ncc(C(=O)O)c(-c2cccc(F)c2)n1.FC(F)(F)C[N-]CCc1c[nH]c2ccccc12. The van der Waals surface area contributed by atoms with Gasteiger partial charge in [0.15, 0.2) is 0 Å². The van der Waals surface area contributed by atoms with Gasteiger partial charge in [-0.05, 0) is 37.1 Å². The van der Waals surface area contributed by atoms with Gasteiger partial charge in [-0.2, -0.15) is 13.2 Å². The van der Waals surface area contributed by atoms with E-state index in [1.54, 1.807) is 13.0 Å². The highest BCUT2D eigenvalue weighted by molar-refractivity contribution is 5.94. The molecular formula is C24H21F4N4O2-. The van der Waals surface area contributed by atoms with Gasteiger partial charge in [0.2, 0.25) is 0 Å². The topological polar surface area (TPSA) is 93.0 Å². The molecule has 0 bridgehead atoms. The molecule has 0 aliphatic heterocycles. The summed E-state index contributed by atoms with van der Waals surface area (Å²) in [4.78, 5) is 22.0. The molecule has 2 aromatic carbocycles. The number of alkyl halides is 3. The summed E-state index contributed by atoms with van der Waals surface area (Å²) in [5, 5.41) is 13.5. The van der Waals surface area contributed by atoms with Crippen molar-refractivity contribution in [1.29, 1.82) is 0 Å². The third-order valence-corrected chi connectivity index (χ3v) is 4.74. The molecule has 0 aliphatic carbocycles. The van der Waals surface area contributed by atoms with Gasteiger partial charge in [0, 0.05) is 28.9 Å². The summed E-state index contributed by atoms with van der Waals surface area (Å²) in [5.41, 5.74) is 2.61. The Kier molecular flexibility index (Phi) is 7.95. The first-order valence-electron chi connectivity index (χ1n) is 10.2. The van der Waals surface area contributed by atoms with Gasteiger partial charge in [0.05, 0.1) is 5.69 Å². The number of carboxylic acid groups (broad SMARTS) is 1. The standard InChI is InChI=1S/C12H12F3N2.C12H9FN2O2/c13-12(14,15)8-16-6-5-9-7-17-11-4-2-1-3-10(9)11;1-7-14-6-10(12(16)17)11(15-7)8-3-2-4-9(13)5-8/h1-4,7,17H,5-6,8H2;2-6H,1H3,(H,16,17)/q-1;. The maximum atomic E-state index is 13.1. The summed E-state index contributed by atoms with van der Waals surface area (Å²) >= 11 is 0. The van der Waals surface area contributed by atoms with Crippen LogP contribution >= 0.6 is 0 Å². The second-order valence-corrected chi connectivity index (χ2v) is 7.33. The molecule has 2 aromatic heterocycles. The van der Waals surface area contributed by atoms with E-state index in [-0.39, 0.29) is 17.8 Å². The summed E-state index contributed by atoms with van der Waals surface area (Å²) in [6.45, 7) is 0.783. The van der Waals surface area contributed by atoms with Crippen molar-refractivity contribution in [2.75, 3.05) is 13.1 Å². The molecule has 6 nitrogen and oxygen atoms in total. The molecule has 10 heteroatoms. The van der Waals surface area contributed by atoms with E-state index in [9.17, 15) is 22.4 Å². The van der Waals surface area contributed by atoms with Gasteiger partial charge in [-0.1, -0.05) is 36.9 Å². The second kappa shape index (κ2) is 10.9. The van der Waals surface area contributed by atoms with E-state index in [0.717, 1.165) is 16.5 Å². The summed E-state index contributed by atoms with van der Waals surface area (Å²) in [5.74, 6) is -1.13. The van der Waals surface area contributed by atoms with E-state index in [1.807, 2.05) is 30.5 Å². The Morgan fingerprint density at radius 2 is 1.91 bits per heavy atom. The molecule has 4 rings (SSSR count). The first kappa shape index (κ1) is 24.8. The van der Waals surface area contributed by atoms with Crippen molar-refractivity contribution in [3.8, 4) is 11.3 Å². The van der Waals surface area contributed by atoms with Crippen molar-refractivity contribution in [1.82, 2.24) is 15.0 Å². The Hall–Kier alpha value is -3.79. The zero-order valence-corrected chi connectivity index (χ0v) is 18.1. The molecule has 0 atom stereocenters. The van der Waals surface area contributed by atoms with Crippen LogP contribution in [0.5, 0.6) is 0 Å². The van der Waals surface area contributed by atoms with Crippen LogP contribution in [-0.4, -0.2) is 45.3 Å². The number of aromatic amines is 1. The minimum absolute atomic E-state index is 0.0406. The van der Waals surface area contributed by atoms with Crippen LogP contribution < -0.4 is 0 Å². The van der Waals surface area contributed by atoms with Gasteiger partial charge in [0.25, 0.3) is 0 Å². The molecule has 0 unspecified atom stereocenters. The Morgan fingerprint density at radius 1 is 1.15 bits per heavy atom. The lowest BCUT2D eigenvalue weighted by Gasteiger charge is -2.20. The van der Waals surface area contributed by atoms with E-state index in [2.05, 4.69) is 20.3 Å². The van der Waals surface area contributed by atoms with Crippen molar-refractivity contribution >= 4 is 16.9 Å². The largest absolute Gasteiger partial charge is 0.655 e. The van der Waals surface area contributed by atoms with Crippen LogP contribution in [0.4, 0.5) is 17.6 Å². The van der Waals surface area contributed by atoms with Crippen LogP contribution in [0, 0.1) is 12.7 Å². The Labute approximate surface area is 192 Å². The van der Waals surface area contributed by atoms with Gasteiger partial charge in [-0.25, -0.2) is 19.2 Å². The first-order valence-corrected chi connectivity index (χ1v) is 10.2. The zero-order chi connectivity index (χ0) is 24.7. The van der Waals surface area contributed by atoms with E-state index in [4.69, 9.17) is 5.11 Å². The van der Waals surface area contributed by atoms with Crippen LogP contribution in [0.2, 0.25) is 0 Å². The number of halogens is 4. The van der Waals surface area contributed by atoms with Gasteiger partial charge < -0.3 is 15.4 Å². The summed E-state index contributed by atoms with van der Waals surface area (Å²) in [6, 6.07) is 13.4. The van der Waals surface area contributed by atoms with Gasteiger partial charge in [0.1, 0.15) is 17.2 Å². The van der Waals surface area contributed by atoms with E-state index < -0.39 is 24.5 Å². The smallest absolute Gasteiger partial charge is 0.371 e. The number of rotatable bonds is 6. The number of aromatic carboxylic acids is 1. The third kappa shape index (κ3) is 6.85. The van der Waals surface area contributed by atoms with Crippen molar-refractivity contribution in [3.63, 3.8) is 0 Å². The maximum absolute atomic E-state index is 13.1. The van der Waals surface area contributed by atoms with Crippen LogP contribution in [0.3, 0.4) is 0 Å². The molecule has 34 heavy (non-hydrogen) atoms. The number of hydrogen-bond acceptors (Lipinski definition) is 3. The molecule has 4 aromatic rings. The number of aromatic nitrogens is 3. The average molecular weight is 473 g/mol. The highest BCUT2D eigenvalue weighted by Crippen LogP contribution is 2.22. The van der Waals surface area contributed by atoms with Gasteiger partial charge >= 0.3 is 12.1 Å². The number of nitrogens with one attached hydrogen (secondary N) is 1. The molecule has 178 valence electrons. The fraction of sp³-hybridized carbons (Fsp3) is 0.208. The predicted octanol–water partition coefficient (Wildman–Crippen LogP) is 5.94. The third-order valence-electron chi connectivity index (χ3n) is 4.74. The van der Waals surface area contributed by atoms with Crippen LogP contribution in [0.15, 0.2) is 60.9 Å². The van der Waals surface area contributed by atoms with Crippen molar-refractivity contribution in [2.24, 2.45) is 0 Å². The Balaban J connectivity index is 0.000000191. The normalized spacial score (nSPS) is 11.2. The number of carboxylic acids is 1. The first-order chi connectivity index (χ1) is 16.1. The quantitative estimate of drug-likeness (QED) is 0.268. The lowest BCUT2D eigenvalue weighted by Crippen LogP contribution is -2.14. The van der Waals surface area contributed by atoms with E-state index in [1.165, 1.54) is 24.4 Å². The van der Waals surface area contributed by atoms with E-state index in [0.29, 0.717) is 17.8 Å². The molecule has 0 spiro atoms. The van der Waals surface area contributed by atoms with Crippen LogP contribution in [0.25, 0.3) is 27.5 Å². The lowest BCUT2D eigenvalue weighted by molar-refractivity contribution is -0.113. The lowest BCUT2D eigenvalue weighted by atomic mass is 10.1. The molecule has 0 radical (unpaired) electrons. The zero-order valence-electron chi connectivity index (χ0n) is 18.1. The number of benzene rings is 2. The number of aryl methyl sites for hydroxylation is 1. The Bertz CT molecular complexity index is 1270. The summed E-state index contributed by atoms with van der Waals surface area (Å²) < 4.78 is 48.7. The predicted molar refractivity (Wildman–Crippen MR) is 120 cm³/mol. The maximum Gasteiger partial charge on any atom is 0.371 e. The van der Waals surface area contributed by atoms with Crippen molar-refractivity contribution in [3.05, 3.63) is 89.0 Å². The van der Waals surface area contributed by atoms with Crippen LogP contribution in [-0.2, 0) is 6.42 Å².